The topological polar surface area (TPSA) is 37.8 Å². The van der Waals surface area contributed by atoms with Gasteiger partial charge in [-0.05, 0) is 31.4 Å². The standard InChI is InChI=1S/C17H23N3/c1-12(2)17-19-14(4)11-16(20-17)18-10-9-15-8-6-5-7-13(15)3/h5-8,11-12H,9-10H2,1-4H3,(H,18,19,20). The van der Waals surface area contributed by atoms with Crippen molar-refractivity contribution in [3.05, 3.63) is 53.0 Å². The molecule has 0 spiro atoms. The first-order chi connectivity index (χ1) is 9.56. The summed E-state index contributed by atoms with van der Waals surface area (Å²) in [6.07, 6.45) is 1.01. The van der Waals surface area contributed by atoms with Gasteiger partial charge in [-0.1, -0.05) is 38.1 Å². The summed E-state index contributed by atoms with van der Waals surface area (Å²) >= 11 is 0. The fourth-order valence-electron chi connectivity index (χ4n) is 2.16. The van der Waals surface area contributed by atoms with E-state index in [-0.39, 0.29) is 0 Å². The summed E-state index contributed by atoms with van der Waals surface area (Å²) in [5.41, 5.74) is 3.74. The van der Waals surface area contributed by atoms with Gasteiger partial charge in [0.05, 0.1) is 0 Å². The van der Waals surface area contributed by atoms with Crippen LogP contribution >= 0.6 is 0 Å². The SMILES string of the molecule is Cc1cc(NCCc2ccccc2C)nc(C(C)C)n1. The Morgan fingerprint density at radius 3 is 2.55 bits per heavy atom. The van der Waals surface area contributed by atoms with E-state index in [1.807, 2.05) is 13.0 Å². The van der Waals surface area contributed by atoms with E-state index in [1.54, 1.807) is 0 Å². The number of benzene rings is 1. The Hall–Kier alpha value is -1.90. The van der Waals surface area contributed by atoms with Crippen molar-refractivity contribution in [3.63, 3.8) is 0 Å². The minimum Gasteiger partial charge on any atom is -0.370 e. The number of anilines is 1. The Morgan fingerprint density at radius 2 is 1.85 bits per heavy atom. The lowest BCUT2D eigenvalue weighted by Gasteiger charge is -2.11. The summed E-state index contributed by atoms with van der Waals surface area (Å²) in [5.74, 6) is 2.19. The van der Waals surface area contributed by atoms with Crippen molar-refractivity contribution in [1.82, 2.24) is 9.97 Å². The predicted octanol–water partition coefficient (Wildman–Crippen LogP) is 3.87. The van der Waals surface area contributed by atoms with Crippen LogP contribution in [-0.4, -0.2) is 16.5 Å². The summed E-state index contributed by atoms with van der Waals surface area (Å²) < 4.78 is 0. The molecule has 106 valence electrons. The highest BCUT2D eigenvalue weighted by atomic mass is 15.0. The quantitative estimate of drug-likeness (QED) is 0.895. The summed E-state index contributed by atoms with van der Waals surface area (Å²) in [6.45, 7) is 9.29. The number of aromatic nitrogens is 2. The molecule has 2 rings (SSSR count). The van der Waals surface area contributed by atoms with Crippen molar-refractivity contribution in [2.24, 2.45) is 0 Å². The first-order valence-corrected chi connectivity index (χ1v) is 7.20. The largest absolute Gasteiger partial charge is 0.370 e. The summed E-state index contributed by atoms with van der Waals surface area (Å²) in [7, 11) is 0. The van der Waals surface area contributed by atoms with Gasteiger partial charge in [0, 0.05) is 24.2 Å². The Bertz CT molecular complexity index is 576. The van der Waals surface area contributed by atoms with E-state index in [9.17, 15) is 0 Å². The third-order valence-corrected chi connectivity index (χ3v) is 3.35. The van der Waals surface area contributed by atoms with Crippen LogP contribution in [0.2, 0.25) is 0 Å². The van der Waals surface area contributed by atoms with Crippen molar-refractivity contribution >= 4 is 5.82 Å². The maximum atomic E-state index is 4.56. The van der Waals surface area contributed by atoms with Gasteiger partial charge in [-0.2, -0.15) is 0 Å². The molecule has 2 aromatic rings. The van der Waals surface area contributed by atoms with Crippen molar-refractivity contribution in [3.8, 4) is 0 Å². The molecule has 0 aliphatic carbocycles. The predicted molar refractivity (Wildman–Crippen MR) is 84.2 cm³/mol. The van der Waals surface area contributed by atoms with Crippen molar-refractivity contribution < 1.29 is 0 Å². The van der Waals surface area contributed by atoms with Crippen LogP contribution < -0.4 is 5.32 Å². The second-order valence-electron chi connectivity index (χ2n) is 5.51. The smallest absolute Gasteiger partial charge is 0.133 e. The van der Waals surface area contributed by atoms with Crippen LogP contribution in [0.15, 0.2) is 30.3 Å². The van der Waals surface area contributed by atoms with E-state index in [0.717, 1.165) is 30.3 Å². The van der Waals surface area contributed by atoms with Crippen LogP contribution in [0.25, 0.3) is 0 Å². The highest BCUT2D eigenvalue weighted by Crippen LogP contribution is 2.14. The Kier molecular flexibility index (Phi) is 4.72. The maximum Gasteiger partial charge on any atom is 0.133 e. The van der Waals surface area contributed by atoms with Gasteiger partial charge >= 0.3 is 0 Å². The van der Waals surface area contributed by atoms with Gasteiger partial charge < -0.3 is 5.32 Å². The molecule has 0 amide bonds. The number of hydrogen-bond donors (Lipinski definition) is 1. The van der Waals surface area contributed by atoms with Crippen molar-refractivity contribution in [2.75, 3.05) is 11.9 Å². The molecule has 0 radical (unpaired) electrons. The van der Waals surface area contributed by atoms with E-state index >= 15 is 0 Å². The molecule has 3 heteroatoms. The van der Waals surface area contributed by atoms with Gasteiger partial charge in [-0.3, -0.25) is 0 Å². The molecular formula is C17H23N3. The lowest BCUT2D eigenvalue weighted by molar-refractivity contribution is 0.766. The highest BCUT2D eigenvalue weighted by molar-refractivity contribution is 5.37. The van der Waals surface area contributed by atoms with Gasteiger partial charge in [-0.15, -0.1) is 0 Å². The Labute approximate surface area is 121 Å². The number of hydrogen-bond acceptors (Lipinski definition) is 3. The Morgan fingerprint density at radius 1 is 1.10 bits per heavy atom. The summed E-state index contributed by atoms with van der Waals surface area (Å²) in [6, 6.07) is 10.5. The zero-order valence-electron chi connectivity index (χ0n) is 12.8. The fraction of sp³-hybridized carbons (Fsp3) is 0.412. The number of rotatable bonds is 5. The zero-order chi connectivity index (χ0) is 14.5. The first kappa shape index (κ1) is 14.5. The van der Waals surface area contributed by atoms with Gasteiger partial charge in [0.15, 0.2) is 0 Å². The number of nitrogens with one attached hydrogen (secondary N) is 1. The zero-order valence-corrected chi connectivity index (χ0v) is 12.8. The lowest BCUT2D eigenvalue weighted by Crippen LogP contribution is -2.10. The van der Waals surface area contributed by atoms with E-state index in [1.165, 1.54) is 11.1 Å². The molecule has 0 saturated carbocycles. The summed E-state index contributed by atoms with van der Waals surface area (Å²) in [5, 5.41) is 3.41. The molecule has 1 heterocycles. The number of aryl methyl sites for hydroxylation is 2. The Balaban J connectivity index is 1.99. The number of nitrogens with zero attached hydrogens (tertiary/aromatic N) is 2. The normalized spacial score (nSPS) is 10.8. The molecular weight excluding hydrogens is 246 g/mol. The van der Waals surface area contributed by atoms with Crippen LogP contribution in [0.4, 0.5) is 5.82 Å². The van der Waals surface area contributed by atoms with Gasteiger partial charge in [-0.25, -0.2) is 9.97 Å². The average molecular weight is 269 g/mol. The first-order valence-electron chi connectivity index (χ1n) is 7.20. The third kappa shape index (κ3) is 3.80. The molecule has 0 saturated heterocycles. The van der Waals surface area contributed by atoms with Crippen LogP contribution in [-0.2, 0) is 6.42 Å². The van der Waals surface area contributed by atoms with E-state index < -0.39 is 0 Å². The molecule has 1 aromatic carbocycles. The van der Waals surface area contributed by atoms with Crippen LogP contribution in [0.1, 0.15) is 42.4 Å². The molecule has 0 aliphatic rings. The minimum absolute atomic E-state index is 0.354. The molecule has 1 N–H and O–H groups in total. The van der Waals surface area contributed by atoms with Gasteiger partial charge in [0.2, 0.25) is 0 Å². The molecule has 0 unspecified atom stereocenters. The molecule has 0 bridgehead atoms. The molecule has 0 fully saturated rings. The fourth-order valence-corrected chi connectivity index (χ4v) is 2.16. The van der Waals surface area contributed by atoms with Crippen LogP contribution in [0.3, 0.4) is 0 Å². The molecule has 3 nitrogen and oxygen atoms in total. The monoisotopic (exact) mass is 269 g/mol. The average Bonchev–Trinajstić information content (AvgIpc) is 2.40. The molecule has 1 aromatic heterocycles. The molecule has 20 heavy (non-hydrogen) atoms. The second-order valence-corrected chi connectivity index (χ2v) is 5.51. The molecule has 0 aliphatic heterocycles. The van der Waals surface area contributed by atoms with Crippen molar-refractivity contribution in [1.29, 1.82) is 0 Å². The van der Waals surface area contributed by atoms with E-state index in [4.69, 9.17) is 0 Å². The van der Waals surface area contributed by atoms with Gasteiger partial charge in [0.25, 0.3) is 0 Å². The van der Waals surface area contributed by atoms with Gasteiger partial charge in [0.1, 0.15) is 11.6 Å². The lowest BCUT2D eigenvalue weighted by atomic mass is 10.1. The van der Waals surface area contributed by atoms with E-state index in [0.29, 0.717) is 5.92 Å². The maximum absolute atomic E-state index is 4.56. The van der Waals surface area contributed by atoms with Crippen LogP contribution in [0, 0.1) is 13.8 Å². The van der Waals surface area contributed by atoms with E-state index in [2.05, 4.69) is 60.3 Å². The van der Waals surface area contributed by atoms with Crippen LogP contribution in [0.5, 0.6) is 0 Å². The summed E-state index contributed by atoms with van der Waals surface area (Å²) in [4.78, 5) is 9.03. The van der Waals surface area contributed by atoms with Crippen molar-refractivity contribution in [2.45, 2.75) is 40.0 Å². The molecule has 0 atom stereocenters. The highest BCUT2D eigenvalue weighted by Gasteiger charge is 2.06. The second kappa shape index (κ2) is 6.51. The minimum atomic E-state index is 0.354. The third-order valence-electron chi connectivity index (χ3n) is 3.35.